The Morgan fingerprint density at radius 2 is 2.19 bits per heavy atom. The lowest BCUT2D eigenvalue weighted by molar-refractivity contribution is -0.129. The van der Waals surface area contributed by atoms with E-state index in [9.17, 15) is 4.79 Å². The normalized spacial score (nSPS) is 16.1. The number of hydrogen-bond acceptors (Lipinski definition) is 5. The van der Waals surface area contributed by atoms with Gasteiger partial charge in [-0.1, -0.05) is 13.8 Å². The number of thioether (sulfide) groups is 1. The van der Waals surface area contributed by atoms with Gasteiger partial charge in [0.15, 0.2) is 0 Å². The smallest absolute Gasteiger partial charge is 0.227 e. The van der Waals surface area contributed by atoms with Gasteiger partial charge in [0, 0.05) is 19.6 Å². The number of nitrogens with zero attached hydrogens (tertiary/aromatic N) is 1. The van der Waals surface area contributed by atoms with E-state index in [0.29, 0.717) is 0 Å². The summed E-state index contributed by atoms with van der Waals surface area (Å²) in [6, 6.07) is 0. The third-order valence-corrected chi connectivity index (χ3v) is 3.39. The van der Waals surface area contributed by atoms with Crippen LogP contribution in [0.4, 0.5) is 0 Å². The molecular weight excluding hydrogens is 228 g/mol. The maximum Gasteiger partial charge on any atom is 0.227 e. The standard InChI is InChI=1S/C10H20N2O3S/c1-10(2,6-12-14)7(8(13)11-3)9(15-4)16-5/h6-7,9,14H,1-5H3,(H,11,13). The fourth-order valence-electron chi connectivity index (χ4n) is 1.57. The van der Waals surface area contributed by atoms with Crippen LogP contribution >= 0.6 is 11.8 Å². The number of methoxy groups -OCH3 is 1. The average molecular weight is 248 g/mol. The summed E-state index contributed by atoms with van der Waals surface area (Å²) in [5, 5.41) is 14.3. The zero-order valence-corrected chi connectivity index (χ0v) is 11.2. The lowest BCUT2D eigenvalue weighted by atomic mass is 9.79. The van der Waals surface area contributed by atoms with Gasteiger partial charge in [0.05, 0.1) is 12.1 Å². The molecule has 0 rings (SSSR count). The first kappa shape index (κ1) is 15.2. The zero-order chi connectivity index (χ0) is 12.8. The third-order valence-electron chi connectivity index (χ3n) is 2.46. The van der Waals surface area contributed by atoms with Crippen molar-refractivity contribution >= 4 is 23.9 Å². The van der Waals surface area contributed by atoms with Gasteiger partial charge in [-0.3, -0.25) is 4.79 Å². The molecule has 1 amide bonds. The summed E-state index contributed by atoms with van der Waals surface area (Å²) < 4.78 is 5.28. The summed E-state index contributed by atoms with van der Waals surface area (Å²) >= 11 is 1.45. The highest BCUT2D eigenvalue weighted by atomic mass is 32.2. The Bertz CT molecular complexity index is 252. The van der Waals surface area contributed by atoms with Crippen LogP contribution in [0.5, 0.6) is 0 Å². The lowest BCUT2D eigenvalue weighted by Gasteiger charge is -2.33. The fourth-order valence-corrected chi connectivity index (χ4v) is 2.50. The molecule has 0 heterocycles. The van der Waals surface area contributed by atoms with E-state index >= 15 is 0 Å². The van der Waals surface area contributed by atoms with E-state index in [1.165, 1.54) is 18.0 Å². The van der Waals surface area contributed by atoms with E-state index in [0.717, 1.165) is 0 Å². The molecule has 2 unspecified atom stereocenters. The van der Waals surface area contributed by atoms with Crippen molar-refractivity contribution in [3.05, 3.63) is 0 Å². The van der Waals surface area contributed by atoms with Crippen LogP contribution in [-0.2, 0) is 9.53 Å². The number of ether oxygens (including phenoxy) is 1. The number of nitrogens with one attached hydrogen (secondary N) is 1. The van der Waals surface area contributed by atoms with Crippen LogP contribution in [0.15, 0.2) is 5.16 Å². The summed E-state index contributed by atoms with van der Waals surface area (Å²) in [7, 11) is 3.14. The topological polar surface area (TPSA) is 70.9 Å². The number of carbonyl (C=O) groups excluding carboxylic acids is 1. The van der Waals surface area contributed by atoms with Crippen LogP contribution in [0.1, 0.15) is 13.8 Å². The SMILES string of the molecule is CNC(=O)C(C(OC)SC)C(C)(C)C=NO. The minimum absolute atomic E-state index is 0.133. The van der Waals surface area contributed by atoms with E-state index in [1.807, 2.05) is 20.1 Å². The highest BCUT2D eigenvalue weighted by Gasteiger charge is 2.40. The van der Waals surface area contributed by atoms with Crippen molar-refractivity contribution in [2.24, 2.45) is 16.5 Å². The quantitative estimate of drug-likeness (QED) is 0.320. The Morgan fingerprint density at radius 1 is 1.62 bits per heavy atom. The molecule has 0 aliphatic heterocycles. The lowest BCUT2D eigenvalue weighted by Crippen LogP contribution is -2.45. The van der Waals surface area contributed by atoms with Crippen LogP contribution in [0, 0.1) is 11.3 Å². The summed E-state index contributed by atoms with van der Waals surface area (Å²) in [6.45, 7) is 3.66. The maximum absolute atomic E-state index is 11.8. The number of carbonyl (C=O) groups is 1. The van der Waals surface area contributed by atoms with Crippen LogP contribution in [-0.4, -0.2) is 43.2 Å². The van der Waals surface area contributed by atoms with Crippen LogP contribution in [0.25, 0.3) is 0 Å². The van der Waals surface area contributed by atoms with Crippen molar-refractivity contribution in [2.75, 3.05) is 20.4 Å². The molecule has 0 aliphatic carbocycles. The molecule has 2 atom stereocenters. The molecule has 0 aromatic carbocycles. The first-order valence-corrected chi connectivity index (χ1v) is 6.19. The van der Waals surface area contributed by atoms with Crippen molar-refractivity contribution in [1.29, 1.82) is 0 Å². The van der Waals surface area contributed by atoms with E-state index in [1.54, 1.807) is 14.2 Å². The van der Waals surface area contributed by atoms with E-state index in [4.69, 9.17) is 9.94 Å². The van der Waals surface area contributed by atoms with Crippen molar-refractivity contribution in [1.82, 2.24) is 5.32 Å². The van der Waals surface area contributed by atoms with Crippen molar-refractivity contribution in [3.8, 4) is 0 Å². The first-order chi connectivity index (χ1) is 7.44. The van der Waals surface area contributed by atoms with Gasteiger partial charge in [-0.15, -0.1) is 16.9 Å². The highest BCUT2D eigenvalue weighted by molar-refractivity contribution is 7.99. The summed E-state index contributed by atoms with van der Waals surface area (Å²) in [4.78, 5) is 11.8. The molecule has 0 fully saturated rings. The van der Waals surface area contributed by atoms with Crippen LogP contribution < -0.4 is 5.32 Å². The molecular formula is C10H20N2O3S. The number of oxime groups is 1. The second kappa shape index (κ2) is 6.75. The van der Waals surface area contributed by atoms with Crippen molar-refractivity contribution in [2.45, 2.75) is 19.3 Å². The Morgan fingerprint density at radius 3 is 2.50 bits per heavy atom. The van der Waals surface area contributed by atoms with E-state index in [-0.39, 0.29) is 11.3 Å². The summed E-state index contributed by atoms with van der Waals surface area (Å²) in [5.41, 5.74) is -0.869. The summed E-state index contributed by atoms with van der Waals surface area (Å²) in [5.74, 6) is -0.556. The van der Waals surface area contributed by atoms with Gasteiger partial charge in [0.25, 0.3) is 0 Å². The number of amides is 1. The minimum Gasteiger partial charge on any atom is -0.411 e. The predicted molar refractivity (Wildman–Crippen MR) is 65.9 cm³/mol. The number of hydrogen-bond donors (Lipinski definition) is 2. The van der Waals surface area contributed by atoms with Gasteiger partial charge in [-0.05, 0) is 6.26 Å². The van der Waals surface area contributed by atoms with Gasteiger partial charge < -0.3 is 15.3 Å². The second-order valence-corrected chi connectivity index (χ2v) is 4.93. The van der Waals surface area contributed by atoms with E-state index < -0.39 is 11.3 Å². The molecule has 0 saturated carbocycles. The van der Waals surface area contributed by atoms with Gasteiger partial charge in [0.1, 0.15) is 5.44 Å². The molecule has 0 spiro atoms. The van der Waals surface area contributed by atoms with E-state index in [2.05, 4.69) is 10.5 Å². The van der Waals surface area contributed by atoms with Gasteiger partial charge in [-0.25, -0.2) is 0 Å². The third kappa shape index (κ3) is 3.68. The van der Waals surface area contributed by atoms with Gasteiger partial charge in [-0.2, -0.15) is 0 Å². The van der Waals surface area contributed by atoms with Gasteiger partial charge >= 0.3 is 0 Å². The molecule has 0 radical (unpaired) electrons. The largest absolute Gasteiger partial charge is 0.411 e. The Hall–Kier alpha value is -0.750. The average Bonchev–Trinajstić information content (AvgIpc) is 2.24. The Balaban J connectivity index is 5.14. The van der Waals surface area contributed by atoms with Crippen molar-refractivity contribution in [3.63, 3.8) is 0 Å². The Labute approximate surface area is 101 Å². The maximum atomic E-state index is 11.8. The molecule has 16 heavy (non-hydrogen) atoms. The van der Waals surface area contributed by atoms with Gasteiger partial charge in [0.2, 0.25) is 5.91 Å². The van der Waals surface area contributed by atoms with Crippen molar-refractivity contribution < 1.29 is 14.7 Å². The monoisotopic (exact) mass is 248 g/mol. The molecule has 94 valence electrons. The summed E-state index contributed by atoms with van der Waals surface area (Å²) in [6.07, 6.45) is 3.23. The van der Waals surface area contributed by atoms with Crippen LogP contribution in [0.3, 0.4) is 0 Å². The molecule has 5 nitrogen and oxygen atoms in total. The molecule has 0 aliphatic rings. The second-order valence-electron chi connectivity index (χ2n) is 4.00. The molecule has 0 saturated heterocycles. The molecule has 2 N–H and O–H groups in total. The molecule has 0 aromatic heterocycles. The molecule has 0 aromatic rings. The Kier molecular flexibility index (Phi) is 6.43. The fraction of sp³-hybridized carbons (Fsp3) is 0.800. The molecule has 6 heteroatoms. The minimum atomic E-state index is -0.585. The highest BCUT2D eigenvalue weighted by Crippen LogP contribution is 2.33. The predicted octanol–water partition coefficient (Wildman–Crippen LogP) is 1.17. The number of rotatable bonds is 6. The first-order valence-electron chi connectivity index (χ1n) is 4.90. The molecule has 0 bridgehead atoms. The zero-order valence-electron chi connectivity index (χ0n) is 10.4. The van der Waals surface area contributed by atoms with Crippen LogP contribution in [0.2, 0.25) is 0 Å².